The van der Waals surface area contributed by atoms with Crippen LogP contribution in [0.1, 0.15) is 10.5 Å². The molecule has 23 heavy (non-hydrogen) atoms. The fraction of sp³-hybridized carbons (Fsp3) is 0.286. The largest absolute Gasteiger partial charge is 0.379 e. The molecule has 1 aromatic carbocycles. The van der Waals surface area contributed by atoms with E-state index in [1.54, 1.807) is 9.80 Å². The van der Waals surface area contributed by atoms with Gasteiger partial charge in [0.15, 0.2) is 0 Å². The number of carbonyl (C=O) groups excluding carboxylic acids is 2. The van der Waals surface area contributed by atoms with Gasteiger partial charge in [0.25, 0.3) is 5.91 Å². The molecule has 1 aliphatic heterocycles. The molecular formula is C14H16N6O3. The summed E-state index contributed by atoms with van der Waals surface area (Å²) in [7, 11) is 0. The number of benzene rings is 1. The molecule has 1 fully saturated rings. The number of carbonyl (C=O) groups is 2. The fourth-order valence-electron chi connectivity index (χ4n) is 2.33. The van der Waals surface area contributed by atoms with Gasteiger partial charge in [0.05, 0.1) is 0 Å². The number of urea groups is 1. The highest BCUT2D eigenvalue weighted by atomic mass is 16.6. The second-order valence-electron chi connectivity index (χ2n) is 5.07. The van der Waals surface area contributed by atoms with Gasteiger partial charge in [-0.05, 0) is 22.4 Å². The third-order valence-electron chi connectivity index (χ3n) is 3.60. The molecule has 2 heterocycles. The SMILES string of the molecule is Nc1nonc1C(=O)N1CCN(C(=O)Nc2ccccc2)CC1. The van der Waals surface area contributed by atoms with Crippen molar-refractivity contribution in [3.8, 4) is 0 Å². The van der Waals surface area contributed by atoms with Gasteiger partial charge in [0.2, 0.25) is 11.5 Å². The number of hydrogen-bond donors (Lipinski definition) is 2. The molecule has 0 radical (unpaired) electrons. The van der Waals surface area contributed by atoms with Crippen LogP contribution in [0.4, 0.5) is 16.3 Å². The predicted octanol–water partition coefficient (Wildman–Crippen LogP) is 0.642. The number of aromatic nitrogens is 2. The molecule has 9 heteroatoms. The van der Waals surface area contributed by atoms with Gasteiger partial charge in [-0.25, -0.2) is 9.42 Å². The van der Waals surface area contributed by atoms with Crippen molar-refractivity contribution >= 4 is 23.4 Å². The lowest BCUT2D eigenvalue weighted by molar-refractivity contribution is 0.0661. The fourth-order valence-corrected chi connectivity index (χ4v) is 2.33. The third kappa shape index (κ3) is 3.23. The summed E-state index contributed by atoms with van der Waals surface area (Å²) < 4.78 is 4.44. The van der Waals surface area contributed by atoms with Crippen molar-refractivity contribution in [1.82, 2.24) is 20.1 Å². The van der Waals surface area contributed by atoms with Crippen molar-refractivity contribution < 1.29 is 14.2 Å². The molecule has 1 saturated heterocycles. The van der Waals surface area contributed by atoms with Crippen molar-refractivity contribution in [3.63, 3.8) is 0 Å². The predicted molar refractivity (Wildman–Crippen MR) is 81.6 cm³/mol. The highest BCUT2D eigenvalue weighted by molar-refractivity contribution is 5.96. The minimum atomic E-state index is -0.341. The molecule has 0 atom stereocenters. The molecule has 0 unspecified atom stereocenters. The Balaban J connectivity index is 1.55. The van der Waals surface area contributed by atoms with Crippen LogP contribution in [0.2, 0.25) is 0 Å². The van der Waals surface area contributed by atoms with Gasteiger partial charge in [-0.3, -0.25) is 4.79 Å². The van der Waals surface area contributed by atoms with Gasteiger partial charge in [-0.2, -0.15) is 0 Å². The molecule has 1 aromatic heterocycles. The first-order chi connectivity index (χ1) is 11.1. The summed E-state index contributed by atoms with van der Waals surface area (Å²) in [4.78, 5) is 27.6. The number of anilines is 2. The molecule has 0 bridgehead atoms. The topological polar surface area (TPSA) is 118 Å². The van der Waals surface area contributed by atoms with Crippen LogP contribution in [0, 0.1) is 0 Å². The van der Waals surface area contributed by atoms with E-state index in [0.29, 0.717) is 26.2 Å². The van der Waals surface area contributed by atoms with Crippen LogP contribution in [-0.4, -0.2) is 58.2 Å². The van der Waals surface area contributed by atoms with Crippen molar-refractivity contribution in [2.45, 2.75) is 0 Å². The Kier molecular flexibility index (Phi) is 4.09. The normalized spacial score (nSPS) is 14.6. The van der Waals surface area contributed by atoms with Crippen molar-refractivity contribution in [2.24, 2.45) is 0 Å². The lowest BCUT2D eigenvalue weighted by atomic mass is 10.3. The van der Waals surface area contributed by atoms with Gasteiger partial charge < -0.3 is 20.9 Å². The van der Waals surface area contributed by atoms with Crippen LogP contribution >= 0.6 is 0 Å². The highest BCUT2D eigenvalue weighted by Crippen LogP contribution is 2.12. The zero-order chi connectivity index (χ0) is 16.2. The molecule has 3 amide bonds. The minimum Gasteiger partial charge on any atom is -0.379 e. The smallest absolute Gasteiger partial charge is 0.321 e. The quantitative estimate of drug-likeness (QED) is 0.839. The number of piperazine rings is 1. The minimum absolute atomic E-state index is 0.00665. The highest BCUT2D eigenvalue weighted by Gasteiger charge is 2.28. The lowest BCUT2D eigenvalue weighted by Gasteiger charge is -2.34. The average Bonchev–Trinajstić information content (AvgIpc) is 3.01. The Morgan fingerprint density at radius 1 is 1.04 bits per heavy atom. The number of nitrogens with zero attached hydrogens (tertiary/aromatic N) is 4. The Morgan fingerprint density at radius 3 is 2.30 bits per heavy atom. The number of rotatable bonds is 2. The van der Waals surface area contributed by atoms with Gasteiger partial charge >= 0.3 is 6.03 Å². The summed E-state index contributed by atoms with van der Waals surface area (Å²) in [6.07, 6.45) is 0. The van der Waals surface area contributed by atoms with E-state index in [2.05, 4.69) is 20.3 Å². The maximum absolute atomic E-state index is 12.2. The van der Waals surface area contributed by atoms with E-state index >= 15 is 0 Å². The average molecular weight is 316 g/mol. The van der Waals surface area contributed by atoms with E-state index in [0.717, 1.165) is 5.69 Å². The maximum atomic E-state index is 12.2. The van der Waals surface area contributed by atoms with Crippen LogP contribution in [0.15, 0.2) is 35.0 Å². The Labute approximate surface area is 132 Å². The van der Waals surface area contributed by atoms with Crippen molar-refractivity contribution in [1.29, 1.82) is 0 Å². The summed E-state index contributed by atoms with van der Waals surface area (Å²) in [6.45, 7) is 1.64. The molecule has 3 rings (SSSR count). The van der Waals surface area contributed by atoms with E-state index in [1.807, 2.05) is 30.3 Å². The molecule has 0 aliphatic carbocycles. The monoisotopic (exact) mass is 316 g/mol. The molecule has 0 spiro atoms. The summed E-state index contributed by atoms with van der Waals surface area (Å²) >= 11 is 0. The molecule has 3 N–H and O–H groups in total. The summed E-state index contributed by atoms with van der Waals surface area (Å²) in [5.74, 6) is -0.369. The number of para-hydroxylation sites is 1. The number of nitrogen functional groups attached to an aromatic ring is 1. The molecule has 120 valence electrons. The first-order valence-electron chi connectivity index (χ1n) is 7.13. The van der Waals surface area contributed by atoms with Crippen LogP contribution in [0.5, 0.6) is 0 Å². The van der Waals surface area contributed by atoms with E-state index in [1.165, 1.54) is 0 Å². The zero-order valence-electron chi connectivity index (χ0n) is 12.3. The van der Waals surface area contributed by atoms with E-state index in [-0.39, 0.29) is 23.5 Å². The zero-order valence-corrected chi connectivity index (χ0v) is 12.3. The Hall–Kier alpha value is -3.10. The number of amides is 3. The summed E-state index contributed by atoms with van der Waals surface area (Å²) in [6, 6.07) is 9.03. The van der Waals surface area contributed by atoms with Crippen LogP contribution < -0.4 is 11.1 Å². The standard InChI is InChI=1S/C14H16N6O3/c15-12-11(17-23-18-12)13(21)19-6-8-20(9-7-19)14(22)16-10-4-2-1-3-5-10/h1-5H,6-9H2,(H2,15,18)(H,16,22). The Bertz CT molecular complexity index is 694. The van der Waals surface area contributed by atoms with E-state index < -0.39 is 0 Å². The van der Waals surface area contributed by atoms with E-state index in [9.17, 15) is 9.59 Å². The van der Waals surface area contributed by atoms with Gasteiger partial charge in [0, 0.05) is 31.9 Å². The van der Waals surface area contributed by atoms with Crippen LogP contribution in [0.3, 0.4) is 0 Å². The number of nitrogens with two attached hydrogens (primary N) is 1. The maximum Gasteiger partial charge on any atom is 0.321 e. The first-order valence-corrected chi connectivity index (χ1v) is 7.13. The lowest BCUT2D eigenvalue weighted by Crippen LogP contribution is -2.51. The summed E-state index contributed by atoms with van der Waals surface area (Å²) in [5.41, 5.74) is 6.26. The molecule has 9 nitrogen and oxygen atoms in total. The molecular weight excluding hydrogens is 300 g/mol. The van der Waals surface area contributed by atoms with Gasteiger partial charge in [0.1, 0.15) is 0 Å². The van der Waals surface area contributed by atoms with Crippen LogP contribution in [-0.2, 0) is 0 Å². The first kappa shape index (κ1) is 14.8. The molecule has 0 saturated carbocycles. The van der Waals surface area contributed by atoms with Crippen molar-refractivity contribution in [2.75, 3.05) is 37.2 Å². The van der Waals surface area contributed by atoms with E-state index in [4.69, 9.17) is 5.73 Å². The van der Waals surface area contributed by atoms with Gasteiger partial charge in [-0.1, -0.05) is 18.2 Å². The molecule has 2 aromatic rings. The van der Waals surface area contributed by atoms with Gasteiger partial charge in [-0.15, -0.1) is 0 Å². The van der Waals surface area contributed by atoms with Crippen LogP contribution in [0.25, 0.3) is 0 Å². The van der Waals surface area contributed by atoms with Crippen molar-refractivity contribution in [3.05, 3.63) is 36.0 Å². The Morgan fingerprint density at radius 2 is 1.70 bits per heavy atom. The summed E-state index contributed by atoms with van der Waals surface area (Å²) in [5, 5.41) is 9.72. The third-order valence-corrected chi connectivity index (χ3v) is 3.60. The number of hydrogen-bond acceptors (Lipinski definition) is 6. The molecule has 1 aliphatic rings. The second-order valence-corrected chi connectivity index (χ2v) is 5.07. The number of nitrogens with one attached hydrogen (secondary N) is 1. The second kappa shape index (κ2) is 6.34.